The van der Waals surface area contributed by atoms with E-state index in [0.29, 0.717) is 12.3 Å². The lowest BCUT2D eigenvalue weighted by Crippen LogP contribution is -2.07. The van der Waals surface area contributed by atoms with E-state index in [1.807, 2.05) is 36.4 Å². The molecule has 2 N–H and O–H groups in total. The largest absolute Gasteiger partial charge is 0.508 e. The Morgan fingerprint density at radius 3 is 2.67 bits per heavy atom. The van der Waals surface area contributed by atoms with E-state index >= 15 is 0 Å². The summed E-state index contributed by atoms with van der Waals surface area (Å²) in [6, 6.07) is 15.5. The van der Waals surface area contributed by atoms with Crippen molar-refractivity contribution < 1.29 is 5.11 Å². The molecule has 3 rings (SSSR count). The monoisotopic (exact) mass is 281 g/mol. The van der Waals surface area contributed by atoms with Crippen molar-refractivity contribution in [3.8, 4) is 5.75 Å². The Kier molecular flexibility index (Phi) is 3.77. The molecule has 3 aromatic rings. The second-order valence-electron chi connectivity index (χ2n) is 5.06. The van der Waals surface area contributed by atoms with Crippen LogP contribution in [0, 0.1) is 0 Å². The Hall–Kier alpha value is -2.49. The van der Waals surface area contributed by atoms with Gasteiger partial charge in [0.05, 0.1) is 11.0 Å². The van der Waals surface area contributed by atoms with Crippen molar-refractivity contribution in [3.05, 3.63) is 54.1 Å². The van der Waals surface area contributed by atoms with E-state index < -0.39 is 0 Å². The first-order valence-electron chi connectivity index (χ1n) is 7.25. The van der Waals surface area contributed by atoms with Gasteiger partial charge in [0.15, 0.2) is 0 Å². The maximum Gasteiger partial charge on any atom is 0.204 e. The number of hydrogen-bond acceptors (Lipinski definition) is 3. The maximum absolute atomic E-state index is 9.83. The first-order chi connectivity index (χ1) is 10.3. The summed E-state index contributed by atoms with van der Waals surface area (Å²) in [5.74, 6) is 1.16. The van der Waals surface area contributed by atoms with Crippen molar-refractivity contribution in [2.75, 3.05) is 5.32 Å². The van der Waals surface area contributed by atoms with Crippen LogP contribution in [0.3, 0.4) is 0 Å². The minimum Gasteiger partial charge on any atom is -0.508 e. The standard InChI is InChI=1S/C17H19N3O/c1-2-11-20-15-9-5-4-8-14(15)19-17(20)18-12-13-7-3-6-10-16(13)21/h3-10,21H,2,11-12H2,1H3,(H,18,19). The SMILES string of the molecule is CCCn1c(NCc2ccccc2O)nc2ccccc21. The Labute approximate surface area is 124 Å². The minimum atomic E-state index is 0.308. The molecule has 0 radical (unpaired) electrons. The molecular weight excluding hydrogens is 262 g/mol. The van der Waals surface area contributed by atoms with Crippen LogP contribution in [0.1, 0.15) is 18.9 Å². The Bertz CT molecular complexity index is 749. The van der Waals surface area contributed by atoms with E-state index in [1.54, 1.807) is 6.07 Å². The number of rotatable bonds is 5. The number of nitrogens with one attached hydrogen (secondary N) is 1. The number of anilines is 1. The van der Waals surface area contributed by atoms with Crippen molar-refractivity contribution >= 4 is 17.0 Å². The predicted molar refractivity (Wildman–Crippen MR) is 85.5 cm³/mol. The molecule has 1 heterocycles. The number of phenolic OH excluding ortho intramolecular Hbond substituents is 1. The average Bonchev–Trinajstić information content (AvgIpc) is 2.85. The summed E-state index contributed by atoms with van der Waals surface area (Å²) in [6.07, 6.45) is 1.05. The van der Waals surface area contributed by atoms with Gasteiger partial charge >= 0.3 is 0 Å². The number of phenols is 1. The van der Waals surface area contributed by atoms with Crippen LogP contribution in [-0.4, -0.2) is 14.7 Å². The van der Waals surface area contributed by atoms with Crippen LogP contribution in [0.4, 0.5) is 5.95 Å². The van der Waals surface area contributed by atoms with Gasteiger partial charge in [0.25, 0.3) is 0 Å². The number of imidazole rings is 1. The van der Waals surface area contributed by atoms with Gasteiger partial charge in [-0.15, -0.1) is 0 Å². The molecule has 0 amide bonds. The van der Waals surface area contributed by atoms with Crippen LogP contribution in [0.25, 0.3) is 11.0 Å². The Morgan fingerprint density at radius 2 is 1.86 bits per heavy atom. The van der Waals surface area contributed by atoms with Crippen LogP contribution in [0.5, 0.6) is 5.75 Å². The number of fused-ring (bicyclic) bond motifs is 1. The molecule has 0 saturated carbocycles. The van der Waals surface area contributed by atoms with Crippen molar-refractivity contribution in [2.24, 2.45) is 0 Å². The van der Waals surface area contributed by atoms with Gasteiger partial charge in [-0.3, -0.25) is 0 Å². The fraction of sp³-hybridized carbons (Fsp3) is 0.235. The van der Waals surface area contributed by atoms with Crippen molar-refractivity contribution in [2.45, 2.75) is 26.4 Å². The topological polar surface area (TPSA) is 50.1 Å². The van der Waals surface area contributed by atoms with E-state index in [2.05, 4.69) is 27.9 Å². The molecule has 0 fully saturated rings. The van der Waals surface area contributed by atoms with Crippen molar-refractivity contribution in [3.63, 3.8) is 0 Å². The second kappa shape index (κ2) is 5.87. The maximum atomic E-state index is 9.83. The quantitative estimate of drug-likeness (QED) is 0.748. The molecule has 0 spiro atoms. The first kappa shape index (κ1) is 13.5. The van der Waals surface area contributed by atoms with Crippen LogP contribution in [0.15, 0.2) is 48.5 Å². The molecule has 0 unspecified atom stereocenters. The molecule has 0 bridgehead atoms. The molecule has 4 nitrogen and oxygen atoms in total. The first-order valence-corrected chi connectivity index (χ1v) is 7.25. The molecule has 2 aromatic carbocycles. The smallest absolute Gasteiger partial charge is 0.204 e. The lowest BCUT2D eigenvalue weighted by molar-refractivity contribution is 0.469. The lowest BCUT2D eigenvalue weighted by atomic mass is 10.2. The molecule has 0 aliphatic heterocycles. The number of aromatic nitrogens is 2. The minimum absolute atomic E-state index is 0.308. The molecule has 0 atom stereocenters. The molecule has 0 saturated heterocycles. The van der Waals surface area contributed by atoms with E-state index in [4.69, 9.17) is 0 Å². The molecule has 0 aliphatic rings. The number of benzene rings is 2. The summed E-state index contributed by atoms with van der Waals surface area (Å²) in [4.78, 5) is 4.65. The van der Waals surface area contributed by atoms with Crippen LogP contribution in [0.2, 0.25) is 0 Å². The zero-order valence-electron chi connectivity index (χ0n) is 12.1. The zero-order chi connectivity index (χ0) is 14.7. The van der Waals surface area contributed by atoms with Gasteiger partial charge in [-0.25, -0.2) is 4.98 Å². The van der Waals surface area contributed by atoms with Gasteiger partial charge in [-0.2, -0.15) is 0 Å². The van der Waals surface area contributed by atoms with Gasteiger partial charge < -0.3 is 15.0 Å². The van der Waals surface area contributed by atoms with Crippen molar-refractivity contribution in [1.29, 1.82) is 0 Å². The van der Waals surface area contributed by atoms with Gasteiger partial charge in [0, 0.05) is 18.7 Å². The Balaban J connectivity index is 1.89. The van der Waals surface area contributed by atoms with E-state index in [1.165, 1.54) is 0 Å². The van der Waals surface area contributed by atoms with Crippen LogP contribution >= 0.6 is 0 Å². The number of para-hydroxylation sites is 3. The fourth-order valence-electron chi connectivity index (χ4n) is 2.50. The van der Waals surface area contributed by atoms with E-state index in [9.17, 15) is 5.11 Å². The van der Waals surface area contributed by atoms with Crippen molar-refractivity contribution in [1.82, 2.24) is 9.55 Å². The number of aryl methyl sites for hydroxylation is 1. The molecule has 4 heteroatoms. The Morgan fingerprint density at radius 1 is 1.10 bits per heavy atom. The highest BCUT2D eigenvalue weighted by Crippen LogP contribution is 2.22. The van der Waals surface area contributed by atoms with E-state index in [0.717, 1.165) is 35.5 Å². The second-order valence-corrected chi connectivity index (χ2v) is 5.06. The number of hydrogen-bond donors (Lipinski definition) is 2. The summed E-state index contributed by atoms with van der Waals surface area (Å²) in [5.41, 5.74) is 3.00. The third kappa shape index (κ3) is 2.70. The van der Waals surface area contributed by atoms with Crippen LogP contribution < -0.4 is 5.32 Å². The molecule has 1 aromatic heterocycles. The molecular formula is C17H19N3O. The van der Waals surface area contributed by atoms with E-state index in [-0.39, 0.29) is 0 Å². The summed E-state index contributed by atoms with van der Waals surface area (Å²) in [7, 11) is 0. The van der Waals surface area contributed by atoms with Gasteiger partial charge in [0.2, 0.25) is 5.95 Å². The normalized spacial score (nSPS) is 10.9. The molecule has 108 valence electrons. The number of nitrogens with zero attached hydrogens (tertiary/aromatic N) is 2. The highest BCUT2D eigenvalue weighted by molar-refractivity contribution is 5.78. The summed E-state index contributed by atoms with van der Waals surface area (Å²) < 4.78 is 2.19. The fourth-order valence-corrected chi connectivity index (χ4v) is 2.50. The summed E-state index contributed by atoms with van der Waals surface area (Å²) >= 11 is 0. The predicted octanol–water partition coefficient (Wildman–Crippen LogP) is 3.76. The van der Waals surface area contributed by atoms with Gasteiger partial charge in [-0.05, 0) is 24.6 Å². The zero-order valence-corrected chi connectivity index (χ0v) is 12.1. The molecule has 21 heavy (non-hydrogen) atoms. The third-order valence-electron chi connectivity index (χ3n) is 3.53. The highest BCUT2D eigenvalue weighted by Gasteiger charge is 2.09. The summed E-state index contributed by atoms with van der Waals surface area (Å²) in [6.45, 7) is 3.63. The highest BCUT2D eigenvalue weighted by atomic mass is 16.3. The average molecular weight is 281 g/mol. The van der Waals surface area contributed by atoms with Gasteiger partial charge in [-0.1, -0.05) is 37.3 Å². The molecule has 0 aliphatic carbocycles. The lowest BCUT2D eigenvalue weighted by Gasteiger charge is -2.10. The number of aromatic hydroxyl groups is 1. The summed E-state index contributed by atoms with van der Waals surface area (Å²) in [5, 5.41) is 13.2. The van der Waals surface area contributed by atoms with Gasteiger partial charge in [0.1, 0.15) is 5.75 Å². The van der Waals surface area contributed by atoms with Crippen LogP contribution in [-0.2, 0) is 13.1 Å². The third-order valence-corrected chi connectivity index (χ3v) is 3.53.